The van der Waals surface area contributed by atoms with E-state index < -0.39 is 0 Å². The minimum Gasteiger partial charge on any atom is -0.350 e. The number of hydrogen-bond donors (Lipinski definition) is 0. The van der Waals surface area contributed by atoms with Gasteiger partial charge in [0.05, 0.1) is 6.04 Å². The van der Waals surface area contributed by atoms with Gasteiger partial charge in [-0.05, 0) is 41.3 Å². The van der Waals surface area contributed by atoms with E-state index in [4.69, 9.17) is 0 Å². The molecule has 0 N–H and O–H groups in total. The summed E-state index contributed by atoms with van der Waals surface area (Å²) in [4.78, 5) is 2.53. The molecule has 2 nitrogen and oxygen atoms in total. The topological polar surface area (TPSA) is 8.17 Å². The Hall–Kier alpha value is -3.28. The summed E-state index contributed by atoms with van der Waals surface area (Å²) in [6.45, 7) is 1.93. The molecule has 0 fully saturated rings. The summed E-state index contributed by atoms with van der Waals surface area (Å²) in [6.07, 6.45) is 3.34. The molecule has 0 saturated heterocycles. The second kappa shape index (κ2) is 7.62. The normalized spacial score (nSPS) is 16.2. The van der Waals surface area contributed by atoms with Crippen molar-refractivity contribution in [2.24, 2.45) is 7.05 Å². The lowest BCUT2D eigenvalue weighted by atomic mass is 9.92. The van der Waals surface area contributed by atoms with Crippen LogP contribution < -0.4 is 0 Å². The Kier molecular flexibility index (Phi) is 4.68. The minimum absolute atomic E-state index is 0.110. The molecule has 0 radical (unpaired) electrons. The fourth-order valence-electron chi connectivity index (χ4n) is 4.40. The highest BCUT2D eigenvalue weighted by atomic mass is 15.2. The van der Waals surface area contributed by atoms with Crippen LogP contribution in [0.3, 0.4) is 0 Å². The molecule has 1 aliphatic rings. The summed E-state index contributed by atoms with van der Waals surface area (Å²) >= 11 is 0. The highest BCUT2D eigenvalue weighted by Crippen LogP contribution is 2.32. The summed E-state index contributed by atoms with van der Waals surface area (Å²) in [5.74, 6) is 7.00. The largest absolute Gasteiger partial charge is 0.350 e. The molecule has 0 saturated carbocycles. The Labute approximate surface area is 172 Å². The van der Waals surface area contributed by atoms with Gasteiger partial charge in [-0.1, -0.05) is 72.5 Å². The number of rotatable bonds is 2. The van der Waals surface area contributed by atoms with Crippen molar-refractivity contribution in [3.05, 3.63) is 107 Å². The molecule has 1 aliphatic heterocycles. The Balaban J connectivity index is 1.53. The van der Waals surface area contributed by atoms with Gasteiger partial charge >= 0.3 is 0 Å². The Morgan fingerprint density at radius 2 is 1.66 bits per heavy atom. The van der Waals surface area contributed by atoms with Crippen LogP contribution in [-0.4, -0.2) is 16.0 Å². The molecule has 2 heterocycles. The molecule has 1 atom stereocenters. The van der Waals surface area contributed by atoms with E-state index in [1.807, 2.05) is 18.2 Å². The minimum atomic E-state index is 0.110. The van der Waals surface area contributed by atoms with Gasteiger partial charge in [-0.3, -0.25) is 4.90 Å². The quantitative estimate of drug-likeness (QED) is 0.429. The molecule has 0 amide bonds. The van der Waals surface area contributed by atoms with E-state index in [9.17, 15) is 0 Å². The average Bonchev–Trinajstić information content (AvgIpc) is 3.09. The standard InChI is InChI=1S/C27H24N2/c1-28-19-23(25-13-7-8-14-26(25)28)20-29-18-17-22-11-5-6-12-24(22)27(29)16-15-21-9-3-2-4-10-21/h2-14,19,27H,17-18,20H2,1H3/t27-/m0/s1. The van der Waals surface area contributed by atoms with Crippen molar-refractivity contribution in [1.29, 1.82) is 0 Å². The van der Waals surface area contributed by atoms with Gasteiger partial charge in [0.15, 0.2) is 0 Å². The molecule has 4 aromatic rings. The zero-order valence-electron chi connectivity index (χ0n) is 16.7. The average molecular weight is 377 g/mol. The molecule has 1 aromatic heterocycles. The van der Waals surface area contributed by atoms with Gasteiger partial charge in [0.2, 0.25) is 0 Å². The van der Waals surface area contributed by atoms with Gasteiger partial charge in [0.25, 0.3) is 0 Å². The van der Waals surface area contributed by atoms with E-state index in [-0.39, 0.29) is 6.04 Å². The van der Waals surface area contributed by atoms with E-state index in [1.165, 1.54) is 27.6 Å². The number of aryl methyl sites for hydroxylation is 1. The first-order valence-corrected chi connectivity index (χ1v) is 10.2. The van der Waals surface area contributed by atoms with Crippen LogP contribution in [0.2, 0.25) is 0 Å². The van der Waals surface area contributed by atoms with E-state index in [0.717, 1.165) is 25.1 Å². The van der Waals surface area contributed by atoms with Crippen LogP contribution >= 0.6 is 0 Å². The summed E-state index contributed by atoms with van der Waals surface area (Å²) < 4.78 is 2.23. The van der Waals surface area contributed by atoms with Gasteiger partial charge in [0, 0.05) is 42.8 Å². The van der Waals surface area contributed by atoms with E-state index in [0.29, 0.717) is 0 Å². The van der Waals surface area contributed by atoms with Crippen molar-refractivity contribution >= 4 is 10.9 Å². The number of hydrogen-bond acceptors (Lipinski definition) is 1. The van der Waals surface area contributed by atoms with Gasteiger partial charge in [0.1, 0.15) is 0 Å². The molecule has 3 aromatic carbocycles. The lowest BCUT2D eigenvalue weighted by molar-refractivity contribution is 0.217. The molecule has 0 aliphatic carbocycles. The number of benzene rings is 3. The SMILES string of the molecule is Cn1cc(CN2CCc3ccccc3[C@@H]2C#Cc2ccccc2)c2ccccc21. The molecule has 0 unspecified atom stereocenters. The summed E-state index contributed by atoms with van der Waals surface area (Å²) in [5, 5.41) is 1.34. The third-order valence-electron chi connectivity index (χ3n) is 5.86. The first-order chi connectivity index (χ1) is 14.3. The number of aromatic nitrogens is 1. The first kappa shape index (κ1) is 17.8. The Morgan fingerprint density at radius 1 is 0.897 bits per heavy atom. The molecule has 142 valence electrons. The van der Waals surface area contributed by atoms with Crippen LogP contribution in [0, 0.1) is 11.8 Å². The highest BCUT2D eigenvalue weighted by Gasteiger charge is 2.26. The smallest absolute Gasteiger partial charge is 0.0980 e. The molecule has 5 rings (SSSR count). The van der Waals surface area contributed by atoms with Crippen LogP contribution in [0.15, 0.2) is 85.1 Å². The van der Waals surface area contributed by atoms with E-state index >= 15 is 0 Å². The monoisotopic (exact) mass is 376 g/mol. The maximum atomic E-state index is 3.59. The fraction of sp³-hybridized carbons (Fsp3) is 0.185. The lowest BCUT2D eigenvalue weighted by Crippen LogP contribution is -2.34. The molecular formula is C27H24N2. The van der Waals surface area contributed by atoms with Gasteiger partial charge in [-0.25, -0.2) is 0 Å². The zero-order chi connectivity index (χ0) is 19.6. The Morgan fingerprint density at radius 3 is 2.55 bits per heavy atom. The summed E-state index contributed by atoms with van der Waals surface area (Å²) in [7, 11) is 2.13. The molecule has 0 bridgehead atoms. The van der Waals surface area contributed by atoms with Crippen molar-refractivity contribution in [3.8, 4) is 11.8 Å². The van der Waals surface area contributed by atoms with Crippen molar-refractivity contribution in [2.75, 3.05) is 6.54 Å². The maximum Gasteiger partial charge on any atom is 0.0980 e. The molecule has 2 heteroatoms. The van der Waals surface area contributed by atoms with Crippen LogP contribution in [0.5, 0.6) is 0 Å². The van der Waals surface area contributed by atoms with Crippen molar-refractivity contribution in [3.63, 3.8) is 0 Å². The van der Waals surface area contributed by atoms with Gasteiger partial charge in [-0.2, -0.15) is 0 Å². The highest BCUT2D eigenvalue weighted by molar-refractivity contribution is 5.83. The van der Waals surface area contributed by atoms with Crippen LogP contribution in [0.25, 0.3) is 10.9 Å². The van der Waals surface area contributed by atoms with Crippen LogP contribution in [-0.2, 0) is 20.0 Å². The molecular weight excluding hydrogens is 352 g/mol. The van der Waals surface area contributed by atoms with Gasteiger partial charge < -0.3 is 4.57 Å². The third kappa shape index (κ3) is 3.46. The van der Waals surface area contributed by atoms with E-state index in [1.54, 1.807) is 0 Å². The number of nitrogens with zero attached hydrogens (tertiary/aromatic N) is 2. The number of para-hydroxylation sites is 1. The summed E-state index contributed by atoms with van der Waals surface area (Å²) in [6, 6.07) is 27.8. The second-order valence-corrected chi connectivity index (χ2v) is 7.74. The fourth-order valence-corrected chi connectivity index (χ4v) is 4.40. The predicted molar refractivity (Wildman–Crippen MR) is 120 cm³/mol. The van der Waals surface area contributed by atoms with Crippen molar-refractivity contribution < 1.29 is 0 Å². The summed E-state index contributed by atoms with van der Waals surface area (Å²) in [5.41, 5.74) is 6.50. The van der Waals surface area contributed by atoms with Crippen LogP contribution in [0.4, 0.5) is 0 Å². The number of fused-ring (bicyclic) bond motifs is 2. The van der Waals surface area contributed by atoms with Gasteiger partial charge in [-0.15, -0.1) is 0 Å². The third-order valence-corrected chi connectivity index (χ3v) is 5.86. The van der Waals surface area contributed by atoms with Crippen LogP contribution in [0.1, 0.15) is 28.3 Å². The predicted octanol–water partition coefficient (Wildman–Crippen LogP) is 5.33. The molecule has 0 spiro atoms. The zero-order valence-corrected chi connectivity index (χ0v) is 16.7. The Bertz CT molecular complexity index is 1210. The molecule has 29 heavy (non-hydrogen) atoms. The first-order valence-electron chi connectivity index (χ1n) is 10.2. The second-order valence-electron chi connectivity index (χ2n) is 7.74. The van der Waals surface area contributed by atoms with Crippen molar-refractivity contribution in [2.45, 2.75) is 19.0 Å². The van der Waals surface area contributed by atoms with E-state index in [2.05, 4.69) is 95.2 Å². The van der Waals surface area contributed by atoms with Crippen molar-refractivity contribution in [1.82, 2.24) is 9.47 Å². The lowest BCUT2D eigenvalue weighted by Gasteiger charge is -2.34. The maximum absolute atomic E-state index is 3.59.